The van der Waals surface area contributed by atoms with Crippen LogP contribution in [0.3, 0.4) is 0 Å². The van der Waals surface area contributed by atoms with Crippen molar-refractivity contribution in [1.29, 1.82) is 0 Å². The zero-order valence-electron chi connectivity index (χ0n) is 10.6. The van der Waals surface area contributed by atoms with Crippen LogP contribution in [0, 0.1) is 0 Å². The third-order valence-corrected chi connectivity index (χ3v) is 5.24. The molecule has 0 bridgehead atoms. The van der Waals surface area contributed by atoms with E-state index in [4.69, 9.17) is 5.73 Å². The second kappa shape index (κ2) is 5.27. The third-order valence-electron chi connectivity index (χ3n) is 2.90. The maximum absolute atomic E-state index is 5.76. The summed E-state index contributed by atoms with van der Waals surface area (Å²) in [5.41, 5.74) is 8.50. The predicted octanol–water partition coefficient (Wildman–Crippen LogP) is 4.06. The highest BCUT2D eigenvalue weighted by atomic mass is 32.2. The molecule has 3 aromatic rings. The fourth-order valence-corrected chi connectivity index (χ4v) is 3.79. The minimum absolute atomic E-state index is 0.763. The molecule has 0 aliphatic carbocycles. The Morgan fingerprint density at radius 2 is 2.11 bits per heavy atom. The first-order valence-electron chi connectivity index (χ1n) is 6.20. The SMILES string of the molecule is CCc1ccc(CSc2nc3ccc(N)cc3[nH]2)s1. The summed E-state index contributed by atoms with van der Waals surface area (Å²) in [6.07, 6.45) is 1.11. The Morgan fingerprint density at radius 1 is 1.26 bits per heavy atom. The van der Waals surface area contributed by atoms with Gasteiger partial charge in [-0.3, -0.25) is 0 Å². The van der Waals surface area contributed by atoms with E-state index < -0.39 is 0 Å². The van der Waals surface area contributed by atoms with Crippen molar-refractivity contribution in [1.82, 2.24) is 9.97 Å². The molecule has 5 heteroatoms. The lowest BCUT2D eigenvalue weighted by Gasteiger charge is -1.94. The van der Waals surface area contributed by atoms with Crippen molar-refractivity contribution < 1.29 is 0 Å². The van der Waals surface area contributed by atoms with E-state index in [9.17, 15) is 0 Å². The Bertz CT molecular complexity index is 700. The van der Waals surface area contributed by atoms with E-state index in [1.54, 1.807) is 11.8 Å². The maximum Gasteiger partial charge on any atom is 0.166 e. The molecule has 0 radical (unpaired) electrons. The summed E-state index contributed by atoms with van der Waals surface area (Å²) in [7, 11) is 0. The lowest BCUT2D eigenvalue weighted by atomic mass is 10.3. The van der Waals surface area contributed by atoms with Crippen LogP contribution in [-0.4, -0.2) is 9.97 Å². The van der Waals surface area contributed by atoms with Crippen LogP contribution in [0.15, 0.2) is 35.5 Å². The van der Waals surface area contributed by atoms with E-state index in [0.717, 1.165) is 34.1 Å². The summed E-state index contributed by atoms with van der Waals surface area (Å²) >= 11 is 3.61. The first-order chi connectivity index (χ1) is 9.24. The van der Waals surface area contributed by atoms with E-state index >= 15 is 0 Å². The molecule has 2 heterocycles. The molecule has 3 nitrogen and oxygen atoms in total. The van der Waals surface area contributed by atoms with Gasteiger partial charge in [-0.05, 0) is 36.8 Å². The van der Waals surface area contributed by atoms with Gasteiger partial charge in [-0.2, -0.15) is 0 Å². The summed E-state index contributed by atoms with van der Waals surface area (Å²) < 4.78 is 0. The molecule has 1 aromatic carbocycles. The topological polar surface area (TPSA) is 54.7 Å². The molecule has 0 unspecified atom stereocenters. The molecule has 3 N–H and O–H groups in total. The van der Waals surface area contributed by atoms with Gasteiger partial charge in [0.05, 0.1) is 11.0 Å². The fourth-order valence-electron chi connectivity index (χ4n) is 1.90. The number of nitrogen functional groups attached to an aromatic ring is 1. The number of fused-ring (bicyclic) bond motifs is 1. The highest BCUT2D eigenvalue weighted by Crippen LogP contribution is 2.27. The summed E-state index contributed by atoms with van der Waals surface area (Å²) in [6.45, 7) is 2.19. The molecule has 98 valence electrons. The number of nitrogens with two attached hydrogens (primary N) is 1. The average Bonchev–Trinajstić information content (AvgIpc) is 3.01. The lowest BCUT2D eigenvalue weighted by Crippen LogP contribution is -1.82. The van der Waals surface area contributed by atoms with Crippen LogP contribution in [0.5, 0.6) is 0 Å². The van der Waals surface area contributed by atoms with E-state index in [-0.39, 0.29) is 0 Å². The number of benzene rings is 1. The smallest absolute Gasteiger partial charge is 0.166 e. The molecule has 0 saturated heterocycles. The van der Waals surface area contributed by atoms with Gasteiger partial charge in [0.1, 0.15) is 0 Å². The molecular formula is C14H15N3S2. The molecule has 0 fully saturated rings. The molecule has 0 spiro atoms. The van der Waals surface area contributed by atoms with Crippen molar-refractivity contribution in [3.05, 3.63) is 40.1 Å². The molecule has 0 atom stereocenters. The quantitative estimate of drug-likeness (QED) is 0.562. The minimum atomic E-state index is 0.763. The number of aryl methyl sites for hydroxylation is 1. The normalized spacial score (nSPS) is 11.2. The number of H-pyrrole nitrogens is 1. The number of aromatic amines is 1. The van der Waals surface area contributed by atoms with E-state index in [2.05, 4.69) is 29.0 Å². The van der Waals surface area contributed by atoms with Crippen LogP contribution in [0.4, 0.5) is 5.69 Å². The Hall–Kier alpha value is -1.46. The molecule has 19 heavy (non-hydrogen) atoms. The largest absolute Gasteiger partial charge is 0.399 e. The van der Waals surface area contributed by atoms with Gasteiger partial charge in [-0.15, -0.1) is 11.3 Å². The molecular weight excluding hydrogens is 274 g/mol. The maximum atomic E-state index is 5.76. The predicted molar refractivity (Wildman–Crippen MR) is 83.8 cm³/mol. The molecule has 0 aliphatic rings. The summed E-state index contributed by atoms with van der Waals surface area (Å²) in [6, 6.07) is 10.2. The van der Waals surface area contributed by atoms with Gasteiger partial charge in [-0.25, -0.2) is 4.98 Å². The van der Waals surface area contributed by atoms with Crippen molar-refractivity contribution in [2.75, 3.05) is 5.73 Å². The van der Waals surface area contributed by atoms with Crippen LogP contribution in [0.1, 0.15) is 16.7 Å². The number of imidazole rings is 1. The van der Waals surface area contributed by atoms with Crippen LogP contribution < -0.4 is 5.73 Å². The van der Waals surface area contributed by atoms with Crippen molar-refractivity contribution in [2.24, 2.45) is 0 Å². The van der Waals surface area contributed by atoms with Crippen LogP contribution in [0.2, 0.25) is 0 Å². The van der Waals surface area contributed by atoms with Crippen LogP contribution >= 0.6 is 23.1 Å². The average molecular weight is 289 g/mol. The Morgan fingerprint density at radius 3 is 2.89 bits per heavy atom. The summed E-state index contributed by atoms with van der Waals surface area (Å²) in [5.74, 6) is 0.958. The summed E-state index contributed by atoms with van der Waals surface area (Å²) in [4.78, 5) is 10.7. The molecule has 3 rings (SSSR count). The summed E-state index contributed by atoms with van der Waals surface area (Å²) in [5, 5.41) is 0.951. The number of thioether (sulfide) groups is 1. The van der Waals surface area contributed by atoms with Crippen molar-refractivity contribution >= 4 is 39.8 Å². The van der Waals surface area contributed by atoms with Crippen molar-refractivity contribution in [2.45, 2.75) is 24.3 Å². The number of anilines is 1. The Labute approximate surface area is 120 Å². The standard InChI is InChI=1S/C14H15N3S2/c1-2-10-4-5-11(19-10)8-18-14-16-12-6-3-9(15)7-13(12)17-14/h3-7H,2,8,15H2,1H3,(H,16,17). The van der Waals surface area contributed by atoms with E-state index in [1.165, 1.54) is 9.75 Å². The van der Waals surface area contributed by atoms with Gasteiger partial charge in [0, 0.05) is 21.2 Å². The number of nitrogens with one attached hydrogen (secondary N) is 1. The lowest BCUT2D eigenvalue weighted by molar-refractivity contribution is 1.08. The number of thiophene rings is 1. The molecule has 0 saturated carbocycles. The second-order valence-corrected chi connectivity index (χ2v) is 6.55. The first kappa shape index (κ1) is 12.6. The zero-order valence-corrected chi connectivity index (χ0v) is 12.3. The number of rotatable bonds is 4. The fraction of sp³-hybridized carbons (Fsp3) is 0.214. The van der Waals surface area contributed by atoms with Gasteiger partial charge >= 0.3 is 0 Å². The highest BCUT2D eigenvalue weighted by Gasteiger charge is 2.05. The van der Waals surface area contributed by atoms with Gasteiger partial charge in [-0.1, -0.05) is 18.7 Å². The van der Waals surface area contributed by atoms with Gasteiger partial charge in [0.15, 0.2) is 5.16 Å². The number of nitrogens with zero attached hydrogens (tertiary/aromatic N) is 1. The van der Waals surface area contributed by atoms with Crippen molar-refractivity contribution in [3.63, 3.8) is 0 Å². The molecule has 0 aliphatic heterocycles. The first-order valence-corrected chi connectivity index (χ1v) is 8.00. The van der Waals surface area contributed by atoms with E-state index in [1.807, 2.05) is 29.5 Å². The van der Waals surface area contributed by atoms with Crippen LogP contribution in [0.25, 0.3) is 11.0 Å². The number of hydrogen-bond acceptors (Lipinski definition) is 4. The molecule has 0 amide bonds. The zero-order chi connectivity index (χ0) is 13.2. The van der Waals surface area contributed by atoms with Gasteiger partial charge in [0.25, 0.3) is 0 Å². The van der Waals surface area contributed by atoms with Crippen molar-refractivity contribution in [3.8, 4) is 0 Å². The monoisotopic (exact) mass is 289 g/mol. The highest BCUT2D eigenvalue weighted by molar-refractivity contribution is 7.98. The number of aromatic nitrogens is 2. The van der Waals surface area contributed by atoms with Gasteiger partial charge in [0.2, 0.25) is 0 Å². The minimum Gasteiger partial charge on any atom is -0.399 e. The second-order valence-electron chi connectivity index (χ2n) is 4.33. The van der Waals surface area contributed by atoms with E-state index in [0.29, 0.717) is 0 Å². The molecule has 2 aromatic heterocycles. The van der Waals surface area contributed by atoms with Crippen LogP contribution in [-0.2, 0) is 12.2 Å². The number of hydrogen-bond donors (Lipinski definition) is 2. The Kier molecular flexibility index (Phi) is 3.48. The van der Waals surface area contributed by atoms with Gasteiger partial charge < -0.3 is 10.7 Å². The third kappa shape index (κ3) is 2.77. The Balaban J connectivity index is 1.74.